The summed E-state index contributed by atoms with van der Waals surface area (Å²) in [4.78, 5) is 15.6. The molecule has 3 rings (SSSR count). The van der Waals surface area contributed by atoms with E-state index in [4.69, 9.17) is 0 Å². The van der Waals surface area contributed by atoms with Crippen LogP contribution in [-0.4, -0.2) is 18.1 Å². The molecule has 0 atom stereocenters. The number of halogens is 1. The molecule has 1 heterocycles. The molecule has 5 heteroatoms. The van der Waals surface area contributed by atoms with Crippen molar-refractivity contribution in [1.82, 2.24) is 4.98 Å². The molecule has 0 unspecified atom stereocenters. The molecule has 3 aromatic rings. The van der Waals surface area contributed by atoms with Crippen LogP contribution in [0.2, 0.25) is 0 Å². The van der Waals surface area contributed by atoms with Gasteiger partial charge in [-0.25, -0.2) is 9.18 Å². The van der Waals surface area contributed by atoms with Crippen LogP contribution in [0.1, 0.15) is 10.4 Å². The Labute approximate surface area is 126 Å². The Morgan fingerprint density at radius 2 is 1.91 bits per heavy atom. The van der Waals surface area contributed by atoms with Crippen molar-refractivity contribution >= 4 is 28.2 Å². The molecule has 0 saturated heterocycles. The Hall–Kier alpha value is -2.95. The Bertz CT molecular complexity index is 832. The molecule has 0 saturated carbocycles. The monoisotopic (exact) mass is 296 g/mol. The lowest BCUT2D eigenvalue weighted by atomic mass is 10.1. The quantitative estimate of drug-likeness (QED) is 0.745. The number of methoxy groups -OCH3 is 1. The maximum atomic E-state index is 13.4. The standard InChI is InChI=1S/C17H13FN2O2/c1-22-17(21)11-2-5-13(6-3-11)20-16-8-9-19-15-7-4-12(18)10-14(15)16/h2-10H,1H3,(H,19,20). The smallest absolute Gasteiger partial charge is 0.337 e. The molecule has 0 fully saturated rings. The fraction of sp³-hybridized carbons (Fsp3) is 0.0588. The first-order valence-corrected chi connectivity index (χ1v) is 6.67. The Kier molecular flexibility index (Phi) is 3.70. The van der Waals surface area contributed by atoms with E-state index >= 15 is 0 Å². The van der Waals surface area contributed by atoms with Crippen molar-refractivity contribution in [3.05, 3.63) is 66.1 Å². The van der Waals surface area contributed by atoms with Gasteiger partial charge >= 0.3 is 5.97 Å². The molecule has 1 aromatic heterocycles. The minimum absolute atomic E-state index is 0.315. The molecular formula is C17H13FN2O2. The molecular weight excluding hydrogens is 283 g/mol. The fourth-order valence-corrected chi connectivity index (χ4v) is 2.19. The first-order chi connectivity index (χ1) is 10.7. The number of carbonyl (C=O) groups is 1. The van der Waals surface area contributed by atoms with Gasteiger partial charge in [-0.2, -0.15) is 0 Å². The van der Waals surface area contributed by atoms with Gasteiger partial charge in [0.15, 0.2) is 0 Å². The second kappa shape index (κ2) is 5.81. The van der Waals surface area contributed by atoms with Crippen molar-refractivity contribution in [3.8, 4) is 0 Å². The second-order valence-corrected chi connectivity index (χ2v) is 4.71. The summed E-state index contributed by atoms with van der Waals surface area (Å²) in [6.07, 6.45) is 1.66. The van der Waals surface area contributed by atoms with Crippen LogP contribution in [0.4, 0.5) is 15.8 Å². The third-order valence-electron chi connectivity index (χ3n) is 3.29. The number of nitrogens with one attached hydrogen (secondary N) is 1. The van der Waals surface area contributed by atoms with E-state index < -0.39 is 0 Å². The lowest BCUT2D eigenvalue weighted by Crippen LogP contribution is -2.01. The second-order valence-electron chi connectivity index (χ2n) is 4.71. The van der Waals surface area contributed by atoms with Gasteiger partial charge in [-0.15, -0.1) is 0 Å². The van der Waals surface area contributed by atoms with E-state index in [9.17, 15) is 9.18 Å². The lowest BCUT2D eigenvalue weighted by Gasteiger charge is -2.10. The van der Waals surface area contributed by atoms with Gasteiger partial charge in [0.1, 0.15) is 5.82 Å². The van der Waals surface area contributed by atoms with Crippen LogP contribution in [-0.2, 0) is 4.74 Å². The summed E-state index contributed by atoms with van der Waals surface area (Å²) < 4.78 is 18.1. The first-order valence-electron chi connectivity index (χ1n) is 6.67. The zero-order chi connectivity index (χ0) is 15.5. The number of anilines is 2. The van der Waals surface area contributed by atoms with Crippen LogP contribution in [0.3, 0.4) is 0 Å². The van der Waals surface area contributed by atoms with Crippen LogP contribution in [0.5, 0.6) is 0 Å². The van der Waals surface area contributed by atoms with Crippen LogP contribution in [0.25, 0.3) is 10.9 Å². The molecule has 110 valence electrons. The van der Waals surface area contributed by atoms with Crippen LogP contribution in [0.15, 0.2) is 54.7 Å². The topological polar surface area (TPSA) is 51.2 Å². The molecule has 0 radical (unpaired) electrons. The first kappa shape index (κ1) is 14.0. The number of hydrogen-bond acceptors (Lipinski definition) is 4. The molecule has 0 aliphatic carbocycles. The number of fused-ring (bicyclic) bond motifs is 1. The highest BCUT2D eigenvalue weighted by molar-refractivity contribution is 5.93. The summed E-state index contributed by atoms with van der Waals surface area (Å²) in [5, 5.41) is 3.89. The number of hydrogen-bond donors (Lipinski definition) is 1. The number of ether oxygens (including phenoxy) is 1. The third-order valence-corrected chi connectivity index (χ3v) is 3.29. The molecule has 0 aliphatic rings. The molecule has 0 bridgehead atoms. The van der Waals surface area contributed by atoms with Crippen LogP contribution < -0.4 is 5.32 Å². The van der Waals surface area contributed by atoms with Crippen LogP contribution in [0, 0.1) is 5.82 Å². The molecule has 2 aromatic carbocycles. The van der Waals surface area contributed by atoms with Gasteiger partial charge in [-0.05, 0) is 48.5 Å². The molecule has 0 aliphatic heterocycles. The molecule has 0 amide bonds. The number of rotatable bonds is 3. The average molecular weight is 296 g/mol. The zero-order valence-electron chi connectivity index (χ0n) is 11.8. The van der Waals surface area contributed by atoms with Gasteiger partial charge in [0, 0.05) is 23.0 Å². The normalized spacial score (nSPS) is 10.5. The third kappa shape index (κ3) is 2.74. The van der Waals surface area contributed by atoms with E-state index in [1.165, 1.54) is 19.2 Å². The summed E-state index contributed by atoms with van der Waals surface area (Å²) in [6, 6.07) is 13.1. The van der Waals surface area contributed by atoms with Crippen molar-refractivity contribution in [1.29, 1.82) is 0 Å². The number of esters is 1. The summed E-state index contributed by atoms with van der Waals surface area (Å²) in [5.74, 6) is -0.701. The van der Waals surface area contributed by atoms with E-state index in [-0.39, 0.29) is 11.8 Å². The summed E-state index contributed by atoms with van der Waals surface area (Å²) in [5.41, 5.74) is 2.70. The van der Waals surface area contributed by atoms with Crippen molar-refractivity contribution < 1.29 is 13.9 Å². The highest BCUT2D eigenvalue weighted by Crippen LogP contribution is 2.26. The van der Waals surface area contributed by atoms with Crippen molar-refractivity contribution in [2.24, 2.45) is 0 Å². The molecule has 1 N–H and O–H groups in total. The van der Waals surface area contributed by atoms with E-state index in [0.29, 0.717) is 16.5 Å². The highest BCUT2D eigenvalue weighted by Gasteiger charge is 2.06. The number of benzene rings is 2. The predicted molar refractivity (Wildman–Crippen MR) is 82.8 cm³/mol. The van der Waals surface area contributed by atoms with E-state index in [1.54, 1.807) is 42.6 Å². The number of nitrogens with zero attached hydrogens (tertiary/aromatic N) is 1. The Balaban J connectivity index is 1.93. The van der Waals surface area contributed by atoms with Gasteiger partial charge in [-0.3, -0.25) is 4.98 Å². The minimum Gasteiger partial charge on any atom is -0.465 e. The number of pyridine rings is 1. The van der Waals surface area contributed by atoms with Gasteiger partial charge in [0.05, 0.1) is 18.2 Å². The maximum absolute atomic E-state index is 13.4. The van der Waals surface area contributed by atoms with Gasteiger partial charge < -0.3 is 10.1 Å². The summed E-state index contributed by atoms with van der Waals surface area (Å²) in [6.45, 7) is 0. The molecule has 0 spiro atoms. The summed E-state index contributed by atoms with van der Waals surface area (Å²) >= 11 is 0. The number of aromatic nitrogens is 1. The average Bonchev–Trinajstić information content (AvgIpc) is 2.55. The van der Waals surface area contributed by atoms with Crippen molar-refractivity contribution in [3.63, 3.8) is 0 Å². The zero-order valence-corrected chi connectivity index (χ0v) is 11.8. The van der Waals surface area contributed by atoms with E-state index in [1.807, 2.05) is 0 Å². The predicted octanol–water partition coefficient (Wildman–Crippen LogP) is 3.90. The van der Waals surface area contributed by atoms with Gasteiger partial charge in [0.25, 0.3) is 0 Å². The van der Waals surface area contributed by atoms with Crippen LogP contribution >= 0.6 is 0 Å². The molecule has 4 nitrogen and oxygen atoms in total. The minimum atomic E-state index is -0.386. The maximum Gasteiger partial charge on any atom is 0.337 e. The Morgan fingerprint density at radius 1 is 1.14 bits per heavy atom. The lowest BCUT2D eigenvalue weighted by molar-refractivity contribution is 0.0601. The molecule has 22 heavy (non-hydrogen) atoms. The van der Waals surface area contributed by atoms with Gasteiger partial charge in [0.2, 0.25) is 0 Å². The van der Waals surface area contributed by atoms with Gasteiger partial charge in [-0.1, -0.05) is 0 Å². The highest BCUT2D eigenvalue weighted by atomic mass is 19.1. The van der Waals surface area contributed by atoms with Crippen molar-refractivity contribution in [2.45, 2.75) is 0 Å². The number of carbonyl (C=O) groups excluding carboxylic acids is 1. The SMILES string of the molecule is COC(=O)c1ccc(Nc2ccnc3ccc(F)cc23)cc1. The Morgan fingerprint density at radius 3 is 2.64 bits per heavy atom. The summed E-state index contributed by atoms with van der Waals surface area (Å²) in [7, 11) is 1.34. The van der Waals surface area contributed by atoms with E-state index in [2.05, 4.69) is 15.0 Å². The van der Waals surface area contributed by atoms with E-state index in [0.717, 1.165) is 11.4 Å². The van der Waals surface area contributed by atoms with Crippen molar-refractivity contribution in [2.75, 3.05) is 12.4 Å². The fourth-order valence-electron chi connectivity index (χ4n) is 2.19. The largest absolute Gasteiger partial charge is 0.465 e.